The van der Waals surface area contributed by atoms with Crippen LogP contribution in [0.4, 0.5) is 0 Å². The van der Waals surface area contributed by atoms with Crippen molar-refractivity contribution in [3.8, 4) is 0 Å². The van der Waals surface area contributed by atoms with Crippen LogP contribution in [0.15, 0.2) is 59.7 Å². The average Bonchev–Trinajstić information content (AvgIpc) is 2.54. The van der Waals surface area contributed by atoms with Crippen LogP contribution >= 0.6 is 11.6 Å². The summed E-state index contributed by atoms with van der Waals surface area (Å²) in [6.45, 7) is 4.31. The molecule has 0 aliphatic carbocycles. The Labute approximate surface area is 140 Å². The molecule has 0 amide bonds. The first kappa shape index (κ1) is 14.4. The lowest BCUT2D eigenvalue weighted by atomic mass is 9.84. The molecule has 0 saturated heterocycles. The summed E-state index contributed by atoms with van der Waals surface area (Å²) >= 11 is 6.45. The van der Waals surface area contributed by atoms with Crippen LogP contribution in [0, 0.1) is 0 Å². The van der Waals surface area contributed by atoms with Crippen molar-refractivity contribution < 1.29 is 0 Å². The highest BCUT2D eigenvalue weighted by molar-refractivity contribution is 6.32. The van der Waals surface area contributed by atoms with Crippen molar-refractivity contribution in [2.45, 2.75) is 25.8 Å². The van der Waals surface area contributed by atoms with Gasteiger partial charge in [-0.25, -0.2) is 0 Å². The van der Waals surface area contributed by atoms with Gasteiger partial charge < -0.3 is 0 Å². The summed E-state index contributed by atoms with van der Waals surface area (Å²) in [5.41, 5.74) is 5.30. The predicted molar refractivity (Wildman–Crippen MR) is 96.6 cm³/mol. The molecule has 0 unspecified atom stereocenters. The van der Waals surface area contributed by atoms with E-state index in [4.69, 9.17) is 16.6 Å². The summed E-state index contributed by atoms with van der Waals surface area (Å²) in [5, 5.41) is 1.95. The van der Waals surface area contributed by atoms with Gasteiger partial charge in [-0.15, -0.1) is 0 Å². The molecule has 1 aliphatic rings. The molecule has 3 aromatic rings. The van der Waals surface area contributed by atoms with Crippen LogP contribution in [-0.4, -0.2) is 16.2 Å². The van der Waals surface area contributed by atoms with E-state index in [-0.39, 0.29) is 5.54 Å². The molecule has 0 N–H and O–H groups in total. The van der Waals surface area contributed by atoms with Gasteiger partial charge >= 0.3 is 0 Å². The molecular formula is C20H17ClN2. The summed E-state index contributed by atoms with van der Waals surface area (Å²) in [7, 11) is 0. The van der Waals surface area contributed by atoms with Crippen molar-refractivity contribution in [3.63, 3.8) is 0 Å². The fourth-order valence-corrected chi connectivity index (χ4v) is 3.48. The molecular weight excluding hydrogens is 304 g/mol. The van der Waals surface area contributed by atoms with Gasteiger partial charge in [-0.1, -0.05) is 35.9 Å². The maximum atomic E-state index is 6.45. The molecule has 0 saturated carbocycles. The number of hydrogen-bond donors (Lipinski definition) is 0. The first-order chi connectivity index (χ1) is 11.0. The zero-order chi connectivity index (χ0) is 16.0. The Hall–Kier alpha value is -2.19. The summed E-state index contributed by atoms with van der Waals surface area (Å²) in [5.74, 6) is 0. The molecule has 2 nitrogen and oxygen atoms in total. The van der Waals surface area contributed by atoms with E-state index in [1.807, 2.05) is 24.4 Å². The molecule has 2 aromatic carbocycles. The molecule has 1 aliphatic heterocycles. The lowest BCUT2D eigenvalue weighted by Crippen LogP contribution is -2.29. The van der Waals surface area contributed by atoms with E-state index in [9.17, 15) is 0 Å². The standard InChI is InChI=1S/C20H17ClN2/c1-20(2)12-16-15(6-3-7-17(16)21)19(23-20)14-8-9-18-13(11-14)5-4-10-22-18/h3-11H,12H2,1-2H3. The fraction of sp³-hybridized carbons (Fsp3) is 0.200. The third kappa shape index (κ3) is 2.53. The third-order valence-electron chi connectivity index (χ3n) is 4.27. The Bertz CT molecular complexity index is 941. The first-order valence-electron chi connectivity index (χ1n) is 7.76. The fourth-order valence-electron chi connectivity index (χ4n) is 3.24. The number of pyridine rings is 1. The number of rotatable bonds is 1. The van der Waals surface area contributed by atoms with Crippen molar-refractivity contribution in [1.82, 2.24) is 4.98 Å². The van der Waals surface area contributed by atoms with Crippen molar-refractivity contribution in [2.24, 2.45) is 4.99 Å². The highest BCUT2D eigenvalue weighted by Gasteiger charge is 2.28. The van der Waals surface area contributed by atoms with Gasteiger partial charge in [0.15, 0.2) is 0 Å². The van der Waals surface area contributed by atoms with E-state index in [1.54, 1.807) is 0 Å². The Balaban J connectivity index is 1.95. The highest BCUT2D eigenvalue weighted by atomic mass is 35.5. The lowest BCUT2D eigenvalue weighted by molar-refractivity contribution is 0.513. The monoisotopic (exact) mass is 320 g/mol. The third-order valence-corrected chi connectivity index (χ3v) is 4.63. The molecule has 0 fully saturated rings. The van der Waals surface area contributed by atoms with Gasteiger partial charge in [0, 0.05) is 27.7 Å². The Morgan fingerprint density at radius 1 is 1.04 bits per heavy atom. The SMILES string of the molecule is CC1(C)Cc2c(Cl)cccc2C(c2ccc3ncccc3c2)=N1. The summed E-state index contributed by atoms with van der Waals surface area (Å²) in [4.78, 5) is 9.40. The van der Waals surface area contributed by atoms with Gasteiger partial charge in [0.2, 0.25) is 0 Å². The number of fused-ring (bicyclic) bond motifs is 2. The first-order valence-corrected chi connectivity index (χ1v) is 8.14. The Morgan fingerprint density at radius 2 is 1.91 bits per heavy atom. The van der Waals surface area contributed by atoms with Gasteiger partial charge in [-0.2, -0.15) is 0 Å². The van der Waals surface area contributed by atoms with Gasteiger partial charge in [-0.3, -0.25) is 9.98 Å². The quantitative estimate of drug-likeness (QED) is 0.615. The average molecular weight is 321 g/mol. The lowest BCUT2D eigenvalue weighted by Gasteiger charge is -2.30. The second-order valence-electron chi connectivity index (χ2n) is 6.63. The second-order valence-corrected chi connectivity index (χ2v) is 7.03. The summed E-state index contributed by atoms with van der Waals surface area (Å²) in [6, 6.07) is 16.4. The zero-order valence-corrected chi connectivity index (χ0v) is 13.9. The van der Waals surface area contributed by atoms with Gasteiger partial charge in [0.25, 0.3) is 0 Å². The minimum absolute atomic E-state index is 0.156. The smallest absolute Gasteiger partial charge is 0.0729 e. The van der Waals surface area contributed by atoms with E-state index in [0.717, 1.165) is 39.2 Å². The summed E-state index contributed by atoms with van der Waals surface area (Å²) in [6.07, 6.45) is 2.68. The number of benzene rings is 2. The second kappa shape index (κ2) is 5.17. The van der Waals surface area contributed by atoms with Crippen molar-refractivity contribution in [3.05, 3.63) is 76.4 Å². The van der Waals surface area contributed by atoms with Crippen LogP contribution in [0.5, 0.6) is 0 Å². The van der Waals surface area contributed by atoms with Gasteiger partial charge in [-0.05, 0) is 50.1 Å². The molecule has 0 bridgehead atoms. The van der Waals surface area contributed by atoms with Crippen LogP contribution in [0.3, 0.4) is 0 Å². The van der Waals surface area contributed by atoms with Crippen molar-refractivity contribution in [1.29, 1.82) is 0 Å². The minimum Gasteiger partial charge on any atom is -0.278 e. The van der Waals surface area contributed by atoms with Crippen LogP contribution in [-0.2, 0) is 6.42 Å². The Kier molecular flexibility index (Phi) is 3.24. The van der Waals surface area contributed by atoms with Crippen LogP contribution in [0.1, 0.15) is 30.5 Å². The molecule has 0 spiro atoms. The molecule has 0 radical (unpaired) electrons. The topological polar surface area (TPSA) is 25.2 Å². The number of aromatic nitrogens is 1. The largest absolute Gasteiger partial charge is 0.278 e. The summed E-state index contributed by atoms with van der Waals surface area (Å²) < 4.78 is 0. The van der Waals surface area contributed by atoms with E-state index in [2.05, 4.69) is 49.2 Å². The highest BCUT2D eigenvalue weighted by Crippen LogP contribution is 2.33. The number of nitrogens with zero attached hydrogens (tertiary/aromatic N) is 2. The van der Waals surface area contributed by atoms with Crippen LogP contribution in [0.2, 0.25) is 5.02 Å². The molecule has 1 aromatic heterocycles. The Morgan fingerprint density at radius 3 is 2.78 bits per heavy atom. The maximum absolute atomic E-state index is 6.45. The maximum Gasteiger partial charge on any atom is 0.0729 e. The molecule has 2 heterocycles. The number of hydrogen-bond acceptors (Lipinski definition) is 2. The van der Waals surface area contributed by atoms with E-state index in [0.29, 0.717) is 0 Å². The molecule has 0 atom stereocenters. The van der Waals surface area contributed by atoms with E-state index >= 15 is 0 Å². The van der Waals surface area contributed by atoms with Gasteiger partial charge in [0.05, 0.1) is 16.8 Å². The zero-order valence-electron chi connectivity index (χ0n) is 13.2. The van der Waals surface area contributed by atoms with Crippen molar-refractivity contribution >= 4 is 28.2 Å². The number of aliphatic imine (C=N–C) groups is 1. The minimum atomic E-state index is -0.156. The molecule has 23 heavy (non-hydrogen) atoms. The van der Waals surface area contributed by atoms with Crippen LogP contribution in [0.25, 0.3) is 10.9 Å². The normalized spacial score (nSPS) is 16.0. The molecule has 4 rings (SSSR count). The molecule has 114 valence electrons. The number of halogens is 1. The predicted octanol–water partition coefficient (Wildman–Crippen LogP) is 5.06. The van der Waals surface area contributed by atoms with Crippen molar-refractivity contribution in [2.75, 3.05) is 0 Å². The van der Waals surface area contributed by atoms with Gasteiger partial charge in [0.1, 0.15) is 0 Å². The van der Waals surface area contributed by atoms with E-state index < -0.39 is 0 Å². The van der Waals surface area contributed by atoms with Crippen LogP contribution < -0.4 is 0 Å². The van der Waals surface area contributed by atoms with E-state index in [1.165, 1.54) is 5.56 Å². The molecule has 3 heteroatoms.